The summed E-state index contributed by atoms with van der Waals surface area (Å²) < 4.78 is 49.2. The number of fused-ring (bicyclic) bond motifs is 1. The maximum Gasteiger partial charge on any atom is 0.257 e. The van der Waals surface area contributed by atoms with Crippen molar-refractivity contribution < 1.29 is 32.0 Å². The minimum atomic E-state index is -3.02. The highest BCUT2D eigenvalue weighted by Crippen LogP contribution is 2.47. The molecule has 2 unspecified atom stereocenters. The van der Waals surface area contributed by atoms with E-state index in [4.69, 9.17) is 9.47 Å². The zero-order valence-corrected chi connectivity index (χ0v) is 23.4. The van der Waals surface area contributed by atoms with Gasteiger partial charge in [0.25, 0.3) is 5.91 Å². The average Bonchev–Trinajstić information content (AvgIpc) is 3.43. The van der Waals surface area contributed by atoms with E-state index in [2.05, 4.69) is 4.72 Å². The fourth-order valence-corrected chi connectivity index (χ4v) is 6.74. The number of para-hydroxylation sites is 1. The van der Waals surface area contributed by atoms with Crippen LogP contribution in [-0.4, -0.2) is 48.9 Å². The normalized spacial score (nSPS) is 18.3. The molecule has 39 heavy (non-hydrogen) atoms. The standard InChI is InChI=1S/C29H29NO7S2/c1-17-12-20(36-10-5-11-39(3,34)35)13-18(2)28(17)23-7-4-6-21-24(16-37-29(21)23)19-8-9-22(25(31)14-19)26-15-27(32)30-38(26)33/h4,6-9,12-15,24,31H,5,10-11,16H2,1-3H3,(H,30,32). The molecule has 0 radical (unpaired) electrons. The summed E-state index contributed by atoms with van der Waals surface area (Å²) in [4.78, 5) is 11.8. The van der Waals surface area contributed by atoms with Crippen molar-refractivity contribution in [2.45, 2.75) is 26.2 Å². The monoisotopic (exact) mass is 567 g/mol. The number of aryl methyl sites for hydroxylation is 2. The Morgan fingerprint density at radius 2 is 1.85 bits per heavy atom. The highest BCUT2D eigenvalue weighted by Gasteiger charge is 2.30. The number of amides is 1. The first-order valence-electron chi connectivity index (χ1n) is 12.5. The Morgan fingerprint density at radius 1 is 1.10 bits per heavy atom. The quantitative estimate of drug-likeness (QED) is 0.393. The molecule has 1 amide bonds. The predicted molar refractivity (Wildman–Crippen MR) is 151 cm³/mol. The number of phenols is 1. The molecule has 2 aliphatic rings. The Balaban J connectivity index is 1.41. The Morgan fingerprint density at radius 3 is 2.49 bits per heavy atom. The molecule has 2 aliphatic heterocycles. The second-order valence-corrected chi connectivity index (χ2v) is 13.3. The molecule has 10 heteroatoms. The summed E-state index contributed by atoms with van der Waals surface area (Å²) in [6.45, 7) is 4.74. The van der Waals surface area contributed by atoms with Crippen molar-refractivity contribution in [3.05, 3.63) is 82.4 Å². The average molecular weight is 568 g/mol. The molecule has 2 N–H and O–H groups in total. The van der Waals surface area contributed by atoms with Gasteiger partial charge in [0, 0.05) is 34.9 Å². The van der Waals surface area contributed by atoms with Crippen LogP contribution in [0.2, 0.25) is 0 Å². The van der Waals surface area contributed by atoms with Crippen molar-refractivity contribution in [1.29, 1.82) is 0 Å². The molecule has 0 saturated carbocycles. The number of hydrogen-bond donors (Lipinski definition) is 2. The number of sulfone groups is 1. The van der Waals surface area contributed by atoms with Gasteiger partial charge in [0.1, 0.15) is 27.1 Å². The van der Waals surface area contributed by atoms with Crippen LogP contribution in [0.4, 0.5) is 0 Å². The van der Waals surface area contributed by atoms with Crippen molar-refractivity contribution in [2.75, 3.05) is 25.2 Å². The van der Waals surface area contributed by atoms with Crippen LogP contribution in [0.3, 0.4) is 0 Å². The summed E-state index contributed by atoms with van der Waals surface area (Å²) in [5.41, 5.74) is 6.23. The lowest BCUT2D eigenvalue weighted by Gasteiger charge is -2.16. The van der Waals surface area contributed by atoms with Crippen LogP contribution in [0.1, 0.15) is 40.2 Å². The van der Waals surface area contributed by atoms with Crippen molar-refractivity contribution in [2.24, 2.45) is 0 Å². The molecule has 0 fully saturated rings. The van der Waals surface area contributed by atoms with Gasteiger partial charge in [-0.15, -0.1) is 0 Å². The lowest BCUT2D eigenvalue weighted by Crippen LogP contribution is -2.16. The summed E-state index contributed by atoms with van der Waals surface area (Å²) in [6, 6.07) is 15.1. The third-order valence-electron chi connectivity index (χ3n) is 6.86. The van der Waals surface area contributed by atoms with E-state index in [1.807, 2.05) is 50.2 Å². The summed E-state index contributed by atoms with van der Waals surface area (Å²) in [7, 11) is -4.71. The van der Waals surface area contributed by atoms with Gasteiger partial charge < -0.3 is 14.6 Å². The zero-order valence-electron chi connectivity index (χ0n) is 21.8. The van der Waals surface area contributed by atoms with E-state index in [9.17, 15) is 22.5 Å². The number of ether oxygens (including phenoxy) is 2. The van der Waals surface area contributed by atoms with Crippen molar-refractivity contribution in [3.63, 3.8) is 0 Å². The van der Waals surface area contributed by atoms with Gasteiger partial charge in [0.2, 0.25) is 0 Å². The van der Waals surface area contributed by atoms with E-state index in [1.165, 1.54) is 12.3 Å². The third-order valence-corrected chi connectivity index (χ3v) is 9.02. The van der Waals surface area contributed by atoms with E-state index in [1.54, 1.807) is 12.1 Å². The molecule has 0 spiro atoms. The molecule has 204 valence electrons. The molecular weight excluding hydrogens is 538 g/mol. The first-order chi connectivity index (χ1) is 18.5. The smallest absolute Gasteiger partial charge is 0.257 e. The van der Waals surface area contributed by atoms with Gasteiger partial charge in [0.15, 0.2) is 11.0 Å². The van der Waals surface area contributed by atoms with E-state index in [-0.39, 0.29) is 22.3 Å². The number of aromatic hydroxyl groups is 1. The number of carbonyl (C=O) groups is 1. The summed E-state index contributed by atoms with van der Waals surface area (Å²) in [5.74, 6) is 0.960. The van der Waals surface area contributed by atoms with E-state index in [0.29, 0.717) is 30.9 Å². The van der Waals surface area contributed by atoms with Crippen LogP contribution in [0, 0.1) is 13.8 Å². The van der Waals surface area contributed by atoms with Crippen LogP contribution in [0.5, 0.6) is 17.2 Å². The highest BCUT2D eigenvalue weighted by atomic mass is 32.2. The van der Waals surface area contributed by atoms with Gasteiger partial charge in [0.05, 0.1) is 23.9 Å². The largest absolute Gasteiger partial charge is 0.507 e. The molecule has 0 aromatic heterocycles. The fourth-order valence-electron chi connectivity index (χ4n) is 5.16. The highest BCUT2D eigenvalue weighted by molar-refractivity contribution is 7.94. The molecule has 2 atom stereocenters. The summed E-state index contributed by atoms with van der Waals surface area (Å²) >= 11 is 0. The zero-order chi connectivity index (χ0) is 27.9. The molecule has 5 rings (SSSR count). The Bertz CT molecular complexity index is 1620. The molecule has 8 nitrogen and oxygen atoms in total. The number of carbonyl (C=O) groups excluding carboxylic acids is 1. The van der Waals surface area contributed by atoms with Crippen LogP contribution >= 0.6 is 0 Å². The SMILES string of the molecule is Cc1cc(OCCCS(C)(=O)=O)cc(C)c1-c1cccc2c1OCC2c1ccc(C2=CC(=O)NS2=O)c(O)c1. The first-order valence-corrected chi connectivity index (χ1v) is 15.7. The molecule has 3 aromatic rings. The van der Waals surface area contributed by atoms with Gasteiger partial charge >= 0.3 is 0 Å². The Labute approximate surface area is 230 Å². The molecular formula is C29H29NO7S2. The second-order valence-electron chi connectivity index (χ2n) is 9.87. The predicted octanol–water partition coefficient (Wildman–Crippen LogP) is 4.15. The number of hydrogen-bond acceptors (Lipinski definition) is 7. The maximum atomic E-state index is 12.1. The number of phenolic OH excluding ortho intramolecular Hbond substituents is 1. The van der Waals surface area contributed by atoms with Crippen molar-refractivity contribution >= 4 is 31.6 Å². The molecule has 2 heterocycles. The summed E-state index contributed by atoms with van der Waals surface area (Å²) in [5, 5.41) is 10.7. The number of nitrogens with one attached hydrogen (secondary N) is 1. The Hall–Kier alpha value is -3.63. The van der Waals surface area contributed by atoms with Gasteiger partial charge in [-0.2, -0.15) is 0 Å². The van der Waals surface area contributed by atoms with Crippen molar-refractivity contribution in [1.82, 2.24) is 4.72 Å². The molecule has 0 bridgehead atoms. The van der Waals surface area contributed by atoms with Crippen molar-refractivity contribution in [3.8, 4) is 28.4 Å². The van der Waals surface area contributed by atoms with Gasteiger partial charge in [-0.3, -0.25) is 9.52 Å². The maximum absolute atomic E-state index is 12.1. The minimum Gasteiger partial charge on any atom is -0.507 e. The van der Waals surface area contributed by atoms with Crippen LogP contribution in [-0.2, 0) is 25.6 Å². The van der Waals surface area contributed by atoms with Crippen LogP contribution in [0.25, 0.3) is 16.0 Å². The topological polar surface area (TPSA) is 119 Å². The Kier molecular flexibility index (Phi) is 7.26. The lowest BCUT2D eigenvalue weighted by atomic mass is 9.88. The first kappa shape index (κ1) is 27.0. The van der Waals surface area contributed by atoms with Gasteiger partial charge in [-0.25, -0.2) is 12.6 Å². The number of rotatable bonds is 8. The van der Waals surface area contributed by atoms with E-state index < -0.39 is 26.7 Å². The second kappa shape index (κ2) is 10.5. The van der Waals surface area contributed by atoms with Crippen LogP contribution < -0.4 is 14.2 Å². The molecule has 3 aromatic carbocycles. The third kappa shape index (κ3) is 5.58. The minimum absolute atomic E-state index is 0.0491. The fraction of sp³-hybridized carbons (Fsp3) is 0.276. The van der Waals surface area contributed by atoms with Gasteiger partial charge in [-0.05, 0) is 66.8 Å². The summed E-state index contributed by atoms with van der Waals surface area (Å²) in [6.07, 6.45) is 2.89. The van der Waals surface area contributed by atoms with Gasteiger partial charge in [-0.1, -0.05) is 24.3 Å². The van der Waals surface area contributed by atoms with E-state index >= 15 is 0 Å². The van der Waals surface area contributed by atoms with Crippen LogP contribution in [0.15, 0.2) is 54.6 Å². The lowest BCUT2D eigenvalue weighted by molar-refractivity contribution is -0.114. The van der Waals surface area contributed by atoms with E-state index in [0.717, 1.165) is 39.1 Å². The molecule has 0 aliphatic carbocycles. The number of benzene rings is 3. The molecule has 0 saturated heterocycles.